The highest BCUT2D eigenvalue weighted by molar-refractivity contribution is 6.36. The lowest BCUT2D eigenvalue weighted by Gasteiger charge is -2.19. The van der Waals surface area contributed by atoms with Gasteiger partial charge in [-0.15, -0.1) is 0 Å². The van der Waals surface area contributed by atoms with Crippen LogP contribution >= 0.6 is 23.2 Å². The summed E-state index contributed by atoms with van der Waals surface area (Å²) in [5, 5.41) is 20.1. The van der Waals surface area contributed by atoms with Crippen LogP contribution in [0.2, 0.25) is 10.0 Å². The van der Waals surface area contributed by atoms with Crippen molar-refractivity contribution in [3.63, 3.8) is 0 Å². The summed E-state index contributed by atoms with van der Waals surface area (Å²) in [5.74, 6) is 1.41. The Morgan fingerprint density at radius 2 is 1.85 bits per heavy atom. The number of amidine groups is 1. The molecule has 0 unspecified atom stereocenters. The molecule has 0 radical (unpaired) electrons. The van der Waals surface area contributed by atoms with Gasteiger partial charge in [-0.25, -0.2) is 4.98 Å². The molecular formula is C19H16Cl2N4O2. The van der Waals surface area contributed by atoms with Crippen molar-refractivity contribution in [2.24, 2.45) is 7.05 Å². The number of rotatable bonds is 3. The second-order valence-electron chi connectivity index (χ2n) is 6.23. The Hall–Kier alpha value is -2.70. The second-order valence-corrected chi connectivity index (χ2v) is 7.11. The molecule has 6 nitrogen and oxygen atoms in total. The number of hydrogen-bond acceptors (Lipinski definition) is 4. The van der Waals surface area contributed by atoms with Crippen LogP contribution in [-0.4, -0.2) is 34.1 Å². The van der Waals surface area contributed by atoms with Gasteiger partial charge < -0.3 is 19.3 Å². The Kier molecular flexibility index (Phi) is 4.25. The van der Waals surface area contributed by atoms with E-state index in [0.717, 1.165) is 11.0 Å². The molecule has 2 N–H and O–H groups in total. The van der Waals surface area contributed by atoms with E-state index in [1.807, 2.05) is 29.8 Å². The summed E-state index contributed by atoms with van der Waals surface area (Å²) in [5.41, 5.74) is 2.62. The van der Waals surface area contributed by atoms with Gasteiger partial charge in [-0.05, 0) is 30.3 Å². The van der Waals surface area contributed by atoms with E-state index in [9.17, 15) is 5.11 Å². The van der Waals surface area contributed by atoms with Gasteiger partial charge in [0.05, 0.1) is 30.3 Å². The number of benzene rings is 2. The van der Waals surface area contributed by atoms with E-state index in [4.69, 9.17) is 33.3 Å². The minimum absolute atomic E-state index is 0.0708. The molecule has 2 heterocycles. The Morgan fingerprint density at radius 1 is 1.15 bits per heavy atom. The fourth-order valence-corrected chi connectivity index (χ4v) is 3.77. The minimum Gasteiger partial charge on any atom is -0.509 e. The summed E-state index contributed by atoms with van der Waals surface area (Å²) in [6, 6.07) is 10.6. The Morgan fingerprint density at radius 3 is 2.52 bits per heavy atom. The van der Waals surface area contributed by atoms with Crippen LogP contribution in [0.4, 0.5) is 5.69 Å². The molecule has 0 spiro atoms. The second kappa shape index (κ2) is 6.48. The maximum absolute atomic E-state index is 10.6. The smallest absolute Gasteiger partial charge is 0.148 e. The first kappa shape index (κ1) is 17.7. The summed E-state index contributed by atoms with van der Waals surface area (Å²) >= 11 is 12.2. The summed E-state index contributed by atoms with van der Waals surface area (Å²) in [6.07, 6.45) is 0. The molecule has 1 aromatic heterocycles. The van der Waals surface area contributed by atoms with Crippen LogP contribution in [-0.2, 0) is 7.05 Å². The van der Waals surface area contributed by atoms with Crippen LogP contribution in [0, 0.1) is 5.41 Å². The summed E-state index contributed by atoms with van der Waals surface area (Å²) in [6.45, 7) is 0.150. The molecule has 0 saturated heterocycles. The largest absolute Gasteiger partial charge is 0.509 e. The van der Waals surface area contributed by atoms with E-state index in [0.29, 0.717) is 32.9 Å². The molecule has 0 bridgehead atoms. The number of methoxy groups -OCH3 is 1. The van der Waals surface area contributed by atoms with Gasteiger partial charge in [-0.2, -0.15) is 0 Å². The number of aliphatic hydroxyl groups excluding tert-OH is 1. The Labute approximate surface area is 165 Å². The first-order valence-electron chi connectivity index (χ1n) is 8.14. The van der Waals surface area contributed by atoms with Crippen LogP contribution in [0.3, 0.4) is 0 Å². The number of hydrogen-bond donors (Lipinski definition) is 2. The molecule has 0 amide bonds. The van der Waals surface area contributed by atoms with Crippen LogP contribution in [0.25, 0.3) is 16.6 Å². The number of aromatic nitrogens is 2. The monoisotopic (exact) mass is 402 g/mol. The molecule has 0 atom stereocenters. The van der Waals surface area contributed by atoms with Crippen LogP contribution in [0.15, 0.2) is 42.2 Å². The van der Waals surface area contributed by atoms with Gasteiger partial charge in [0, 0.05) is 28.8 Å². The molecule has 4 rings (SSSR count). The Balaban J connectivity index is 1.78. The molecule has 2 aromatic carbocycles. The minimum atomic E-state index is 0.0708. The number of ether oxygens (including phenoxy) is 1. The third-order valence-electron chi connectivity index (χ3n) is 4.57. The van der Waals surface area contributed by atoms with Gasteiger partial charge in [0.1, 0.15) is 23.2 Å². The molecule has 1 aliphatic heterocycles. The average molecular weight is 403 g/mol. The summed E-state index contributed by atoms with van der Waals surface area (Å²) in [7, 11) is 3.45. The van der Waals surface area contributed by atoms with E-state index in [1.165, 1.54) is 0 Å². The van der Waals surface area contributed by atoms with Crippen molar-refractivity contribution < 1.29 is 9.84 Å². The number of nitrogens with one attached hydrogen (secondary N) is 1. The first-order chi connectivity index (χ1) is 12.9. The third kappa shape index (κ3) is 2.91. The first-order valence-corrected chi connectivity index (χ1v) is 8.90. The zero-order chi connectivity index (χ0) is 19.3. The number of aliphatic hydroxyl groups is 1. The van der Waals surface area contributed by atoms with Gasteiger partial charge in [0.25, 0.3) is 0 Å². The maximum Gasteiger partial charge on any atom is 0.148 e. The van der Waals surface area contributed by atoms with Crippen molar-refractivity contribution in [1.29, 1.82) is 5.41 Å². The lowest BCUT2D eigenvalue weighted by Crippen LogP contribution is -2.26. The van der Waals surface area contributed by atoms with E-state index < -0.39 is 0 Å². The normalized spacial score (nSPS) is 14.5. The van der Waals surface area contributed by atoms with Crippen LogP contribution in [0.1, 0.15) is 5.82 Å². The predicted molar refractivity (Wildman–Crippen MR) is 108 cm³/mol. The van der Waals surface area contributed by atoms with E-state index in [2.05, 4.69) is 4.98 Å². The molecule has 3 aromatic rings. The SMILES string of the molecule is COc1ccc2c(c1)nc(C1=C(O)CN(c3cc(Cl)cc(Cl)c3)C1=N)n2C. The fourth-order valence-electron chi connectivity index (χ4n) is 3.26. The van der Waals surface area contributed by atoms with E-state index in [1.54, 1.807) is 30.2 Å². The fraction of sp³-hybridized carbons (Fsp3) is 0.158. The number of imidazole rings is 1. The van der Waals surface area contributed by atoms with Crippen molar-refractivity contribution in [3.8, 4) is 5.75 Å². The molecule has 8 heteroatoms. The number of halogens is 2. The van der Waals surface area contributed by atoms with Crippen molar-refractivity contribution in [2.45, 2.75) is 0 Å². The average Bonchev–Trinajstić information content (AvgIpc) is 3.10. The highest BCUT2D eigenvalue weighted by Crippen LogP contribution is 2.34. The summed E-state index contributed by atoms with van der Waals surface area (Å²) < 4.78 is 7.10. The van der Waals surface area contributed by atoms with Crippen molar-refractivity contribution in [3.05, 3.63) is 58.0 Å². The van der Waals surface area contributed by atoms with Gasteiger partial charge in [-0.3, -0.25) is 5.41 Å². The van der Waals surface area contributed by atoms with E-state index >= 15 is 0 Å². The quantitative estimate of drug-likeness (QED) is 0.668. The highest BCUT2D eigenvalue weighted by Gasteiger charge is 2.32. The topological polar surface area (TPSA) is 74.4 Å². The van der Waals surface area contributed by atoms with Crippen molar-refractivity contribution in [2.75, 3.05) is 18.6 Å². The lowest BCUT2D eigenvalue weighted by atomic mass is 10.2. The molecule has 138 valence electrons. The van der Waals surface area contributed by atoms with Crippen LogP contribution in [0.5, 0.6) is 5.75 Å². The Bertz CT molecular complexity index is 1100. The number of aryl methyl sites for hydroxylation is 1. The molecule has 0 aliphatic carbocycles. The maximum atomic E-state index is 10.6. The molecule has 0 saturated carbocycles. The molecule has 27 heavy (non-hydrogen) atoms. The molecule has 0 fully saturated rings. The molecule has 1 aliphatic rings. The number of fused-ring (bicyclic) bond motifs is 1. The zero-order valence-corrected chi connectivity index (χ0v) is 16.1. The van der Waals surface area contributed by atoms with Gasteiger partial charge in [0.2, 0.25) is 0 Å². The number of anilines is 1. The lowest BCUT2D eigenvalue weighted by molar-refractivity contribution is 0.411. The van der Waals surface area contributed by atoms with Crippen LogP contribution < -0.4 is 9.64 Å². The summed E-state index contributed by atoms with van der Waals surface area (Å²) in [4.78, 5) is 6.25. The van der Waals surface area contributed by atoms with Gasteiger partial charge >= 0.3 is 0 Å². The zero-order valence-electron chi connectivity index (χ0n) is 14.6. The highest BCUT2D eigenvalue weighted by atomic mass is 35.5. The van der Waals surface area contributed by atoms with Crippen molar-refractivity contribution in [1.82, 2.24) is 9.55 Å². The third-order valence-corrected chi connectivity index (χ3v) is 5.01. The standard InChI is InChI=1S/C19H16Cl2N4O2/c1-24-15-4-3-13(27-2)8-14(15)23-19(24)17-16(26)9-25(18(17)22)12-6-10(20)5-11(21)7-12/h3-8,22,26H,9H2,1-2H3. The number of nitrogens with zero attached hydrogens (tertiary/aromatic N) is 3. The molecular weight excluding hydrogens is 387 g/mol. The predicted octanol–water partition coefficient (Wildman–Crippen LogP) is 4.66. The van der Waals surface area contributed by atoms with Gasteiger partial charge in [0.15, 0.2) is 0 Å². The van der Waals surface area contributed by atoms with Gasteiger partial charge in [-0.1, -0.05) is 23.2 Å². The van der Waals surface area contributed by atoms with Crippen molar-refractivity contribution >= 4 is 51.3 Å². The van der Waals surface area contributed by atoms with E-state index in [-0.39, 0.29) is 18.1 Å².